The minimum Gasteiger partial charge on any atom is -0.493 e. The van der Waals surface area contributed by atoms with E-state index in [1.54, 1.807) is 52.5 Å². The molecule has 2 aromatic carbocycles. The van der Waals surface area contributed by atoms with Gasteiger partial charge in [0.15, 0.2) is 11.5 Å². The minimum absolute atomic E-state index is 0.143. The third kappa shape index (κ3) is 5.09. The molecule has 0 radical (unpaired) electrons. The quantitative estimate of drug-likeness (QED) is 0.619. The Hall–Kier alpha value is -3.59. The van der Waals surface area contributed by atoms with Gasteiger partial charge in [0, 0.05) is 29.8 Å². The second kappa shape index (κ2) is 10.4. The lowest BCUT2D eigenvalue weighted by Crippen LogP contribution is -2.41. The number of aliphatic hydroxyl groups excluding tert-OH is 1. The van der Waals surface area contributed by atoms with Crippen molar-refractivity contribution in [1.82, 2.24) is 15.6 Å². The predicted octanol–water partition coefficient (Wildman–Crippen LogP) is 2.15. The van der Waals surface area contributed by atoms with Crippen LogP contribution in [0.3, 0.4) is 0 Å². The average molecular weight is 455 g/mol. The van der Waals surface area contributed by atoms with E-state index in [4.69, 9.17) is 19.7 Å². The second-order valence-corrected chi connectivity index (χ2v) is 7.90. The number of amides is 3. The van der Waals surface area contributed by atoms with Gasteiger partial charge in [0.2, 0.25) is 0 Å². The maximum atomic E-state index is 12.6. The lowest BCUT2D eigenvalue weighted by molar-refractivity contribution is 0.0922. The van der Waals surface area contributed by atoms with Gasteiger partial charge in [-0.25, -0.2) is 9.80 Å². The van der Waals surface area contributed by atoms with Gasteiger partial charge < -0.3 is 25.2 Å². The summed E-state index contributed by atoms with van der Waals surface area (Å²) < 4.78 is 11.0. The van der Waals surface area contributed by atoms with Crippen LogP contribution in [0.15, 0.2) is 41.5 Å². The first-order chi connectivity index (χ1) is 15.8. The van der Waals surface area contributed by atoms with Gasteiger partial charge in [-0.05, 0) is 50.1 Å². The number of carbonyl (C=O) groups excluding carboxylic acids is 2. The SMILES string of the molecule is CNC(=O)N1N=C(c2ccc(C(=O)N[C@H](C)CO)cc2)c2cc(OC)c(OC)cc2C[C@H]1C. The highest BCUT2D eigenvalue weighted by atomic mass is 16.5. The first-order valence-electron chi connectivity index (χ1n) is 10.7. The Labute approximate surface area is 193 Å². The summed E-state index contributed by atoms with van der Waals surface area (Å²) in [7, 11) is 4.71. The Morgan fingerprint density at radius 2 is 1.82 bits per heavy atom. The van der Waals surface area contributed by atoms with Gasteiger partial charge >= 0.3 is 6.03 Å². The lowest BCUT2D eigenvalue weighted by atomic mass is 9.93. The number of aliphatic hydroxyl groups is 1. The number of hydrogen-bond acceptors (Lipinski definition) is 6. The molecule has 0 spiro atoms. The van der Waals surface area contributed by atoms with E-state index >= 15 is 0 Å². The monoisotopic (exact) mass is 454 g/mol. The van der Waals surface area contributed by atoms with Crippen LogP contribution in [0.25, 0.3) is 0 Å². The summed E-state index contributed by atoms with van der Waals surface area (Å²) >= 11 is 0. The molecule has 3 N–H and O–H groups in total. The highest BCUT2D eigenvalue weighted by Gasteiger charge is 2.28. The van der Waals surface area contributed by atoms with Crippen LogP contribution in [0, 0.1) is 0 Å². The topological polar surface area (TPSA) is 112 Å². The number of nitrogens with one attached hydrogen (secondary N) is 2. The molecular formula is C24H30N4O5. The molecule has 2 aromatic rings. The molecular weight excluding hydrogens is 424 g/mol. The number of rotatable bonds is 6. The predicted molar refractivity (Wildman–Crippen MR) is 125 cm³/mol. The molecule has 0 aromatic heterocycles. The first-order valence-corrected chi connectivity index (χ1v) is 10.7. The molecule has 9 nitrogen and oxygen atoms in total. The molecule has 0 saturated carbocycles. The van der Waals surface area contributed by atoms with Crippen LogP contribution < -0.4 is 20.1 Å². The Morgan fingerprint density at radius 3 is 2.39 bits per heavy atom. The lowest BCUT2D eigenvalue weighted by Gasteiger charge is -2.22. The van der Waals surface area contributed by atoms with Crippen molar-refractivity contribution in [2.75, 3.05) is 27.9 Å². The van der Waals surface area contributed by atoms with Gasteiger partial charge in [-0.3, -0.25) is 4.79 Å². The van der Waals surface area contributed by atoms with Gasteiger partial charge in [0.05, 0.1) is 32.6 Å². The molecule has 0 saturated heterocycles. The number of nitrogens with zero attached hydrogens (tertiary/aromatic N) is 2. The Kier molecular flexibility index (Phi) is 7.55. The third-order valence-corrected chi connectivity index (χ3v) is 5.50. The highest BCUT2D eigenvalue weighted by Crippen LogP contribution is 2.34. The van der Waals surface area contributed by atoms with Crippen molar-refractivity contribution in [3.05, 3.63) is 58.7 Å². The number of benzene rings is 2. The zero-order valence-electron chi connectivity index (χ0n) is 19.5. The highest BCUT2D eigenvalue weighted by molar-refractivity contribution is 6.15. The van der Waals surface area contributed by atoms with Crippen LogP contribution in [0.5, 0.6) is 11.5 Å². The van der Waals surface area contributed by atoms with Crippen molar-refractivity contribution < 1.29 is 24.2 Å². The molecule has 1 heterocycles. The van der Waals surface area contributed by atoms with Crippen LogP contribution in [0.2, 0.25) is 0 Å². The molecule has 33 heavy (non-hydrogen) atoms. The van der Waals surface area contributed by atoms with Crippen molar-refractivity contribution in [3.8, 4) is 11.5 Å². The van der Waals surface area contributed by atoms with Gasteiger partial charge in [-0.1, -0.05) is 12.1 Å². The number of hydrazone groups is 1. The van der Waals surface area contributed by atoms with E-state index in [0.717, 1.165) is 16.7 Å². The Morgan fingerprint density at radius 1 is 1.18 bits per heavy atom. The van der Waals surface area contributed by atoms with E-state index in [-0.39, 0.29) is 30.6 Å². The minimum atomic E-state index is -0.347. The zero-order valence-corrected chi connectivity index (χ0v) is 19.5. The van der Waals surface area contributed by atoms with Crippen LogP contribution in [0.1, 0.15) is 40.9 Å². The smallest absolute Gasteiger partial charge is 0.337 e. The van der Waals surface area contributed by atoms with Crippen molar-refractivity contribution in [2.45, 2.75) is 32.4 Å². The molecule has 0 unspecified atom stereocenters. The largest absolute Gasteiger partial charge is 0.493 e. The molecule has 1 aliphatic heterocycles. The van der Waals surface area contributed by atoms with Crippen molar-refractivity contribution in [3.63, 3.8) is 0 Å². The van der Waals surface area contributed by atoms with E-state index in [2.05, 4.69) is 10.6 Å². The number of ether oxygens (including phenoxy) is 2. The van der Waals surface area contributed by atoms with Crippen molar-refractivity contribution >= 4 is 17.6 Å². The fourth-order valence-electron chi connectivity index (χ4n) is 3.68. The number of methoxy groups -OCH3 is 2. The molecule has 0 bridgehead atoms. The van der Waals surface area contributed by atoms with Crippen molar-refractivity contribution in [2.24, 2.45) is 5.10 Å². The molecule has 0 fully saturated rings. The summed E-state index contributed by atoms with van der Waals surface area (Å²) in [6, 6.07) is 9.85. The van der Waals surface area contributed by atoms with Gasteiger partial charge in [-0.2, -0.15) is 5.10 Å². The van der Waals surface area contributed by atoms with Gasteiger partial charge in [0.25, 0.3) is 5.91 Å². The Bertz CT molecular complexity index is 1050. The first kappa shape index (κ1) is 24.1. The summed E-state index contributed by atoms with van der Waals surface area (Å²) in [6.07, 6.45) is 0.565. The fourth-order valence-corrected chi connectivity index (χ4v) is 3.68. The van der Waals surface area contributed by atoms with Crippen LogP contribution in [-0.2, 0) is 6.42 Å². The van der Waals surface area contributed by atoms with Gasteiger partial charge in [-0.15, -0.1) is 0 Å². The summed E-state index contributed by atoms with van der Waals surface area (Å²) in [5.41, 5.74) is 3.55. The summed E-state index contributed by atoms with van der Waals surface area (Å²) in [4.78, 5) is 25.0. The normalized spacial score (nSPS) is 16.1. The molecule has 176 valence electrons. The standard InChI is InChI=1S/C24H30N4O5/c1-14(13-29)26-23(30)17-8-6-16(7-9-17)22-19-12-21(33-5)20(32-4)11-18(19)10-15(2)28(27-22)24(31)25-3/h6-9,11-12,14-15,29H,10,13H2,1-5H3,(H,25,31)(H,26,30)/t14-,15-/m1/s1. The van der Waals surface area contributed by atoms with E-state index in [1.165, 1.54) is 5.01 Å². The Balaban J connectivity index is 2.10. The molecule has 9 heteroatoms. The number of urea groups is 1. The molecule has 2 atom stereocenters. The number of fused-ring (bicyclic) bond motifs is 1. The van der Waals surface area contributed by atoms with E-state index in [9.17, 15) is 9.59 Å². The van der Waals surface area contributed by atoms with Crippen LogP contribution in [0.4, 0.5) is 4.79 Å². The molecule has 3 amide bonds. The molecule has 3 rings (SSSR count). The number of carbonyl (C=O) groups is 2. The van der Waals surface area contributed by atoms with E-state index in [1.807, 2.05) is 19.1 Å². The molecule has 1 aliphatic rings. The van der Waals surface area contributed by atoms with E-state index in [0.29, 0.717) is 29.2 Å². The zero-order chi connectivity index (χ0) is 24.1. The summed E-state index contributed by atoms with van der Waals surface area (Å²) in [6.45, 7) is 3.51. The van der Waals surface area contributed by atoms with Crippen LogP contribution >= 0.6 is 0 Å². The average Bonchev–Trinajstić information content (AvgIpc) is 2.97. The summed E-state index contributed by atoms with van der Waals surface area (Å²) in [5.74, 6) is 0.874. The second-order valence-electron chi connectivity index (χ2n) is 7.90. The van der Waals surface area contributed by atoms with E-state index < -0.39 is 0 Å². The maximum Gasteiger partial charge on any atom is 0.337 e. The summed E-state index contributed by atoms with van der Waals surface area (Å²) in [5, 5.41) is 20.7. The third-order valence-electron chi connectivity index (χ3n) is 5.50. The molecule has 0 aliphatic carbocycles. The fraction of sp³-hybridized carbons (Fsp3) is 0.375. The van der Waals surface area contributed by atoms with Crippen molar-refractivity contribution in [1.29, 1.82) is 0 Å². The van der Waals surface area contributed by atoms with Crippen LogP contribution in [-0.4, -0.2) is 67.7 Å². The number of hydrogen-bond donors (Lipinski definition) is 3. The van der Waals surface area contributed by atoms with Gasteiger partial charge in [0.1, 0.15) is 0 Å². The maximum absolute atomic E-state index is 12.6.